The number of carbonyl (C=O) groups excluding carboxylic acids is 1. The van der Waals surface area contributed by atoms with Crippen LogP contribution in [0.1, 0.15) is 12.8 Å². The fourth-order valence-corrected chi connectivity index (χ4v) is 0.906. The molecule has 1 atom stereocenters. The molecule has 1 unspecified atom stereocenters. The third-order valence-corrected chi connectivity index (χ3v) is 1.48. The molecule has 0 aromatic rings. The summed E-state index contributed by atoms with van der Waals surface area (Å²) in [6.45, 7) is 0. The van der Waals surface area contributed by atoms with Crippen molar-refractivity contribution in [3.8, 4) is 0 Å². The predicted octanol–water partition coefficient (Wildman–Crippen LogP) is -0.0942. The van der Waals surface area contributed by atoms with Crippen molar-refractivity contribution >= 4 is 11.9 Å². The third-order valence-electron chi connectivity index (χ3n) is 1.48. The van der Waals surface area contributed by atoms with Gasteiger partial charge in [-0.15, -0.1) is 0 Å². The van der Waals surface area contributed by atoms with Gasteiger partial charge in [0.05, 0.1) is 0 Å². The molecule has 1 amide bonds. The van der Waals surface area contributed by atoms with Crippen LogP contribution in [0.15, 0.2) is 12.2 Å². The van der Waals surface area contributed by atoms with Gasteiger partial charge in [-0.05, 0) is 6.42 Å². The van der Waals surface area contributed by atoms with E-state index in [9.17, 15) is 9.59 Å². The number of β-lactam (4-membered cyclic amide) rings is 1. The highest BCUT2D eigenvalue weighted by Gasteiger charge is 2.23. The van der Waals surface area contributed by atoms with Gasteiger partial charge in [0.1, 0.15) is 0 Å². The molecule has 4 heteroatoms. The van der Waals surface area contributed by atoms with E-state index in [-0.39, 0.29) is 11.9 Å². The molecule has 60 valence electrons. The number of carboxylic acid groups (broad SMARTS) is 1. The number of hydrogen-bond donors (Lipinski definition) is 2. The zero-order valence-corrected chi connectivity index (χ0v) is 5.91. The highest BCUT2D eigenvalue weighted by atomic mass is 16.4. The summed E-state index contributed by atoms with van der Waals surface area (Å²) in [6.07, 6.45) is 3.76. The molecular formula is C7H9NO3. The Kier molecular flexibility index (Phi) is 2.25. The first kappa shape index (κ1) is 7.78. The number of carboxylic acids is 1. The van der Waals surface area contributed by atoms with Crippen molar-refractivity contribution in [1.29, 1.82) is 0 Å². The van der Waals surface area contributed by atoms with E-state index in [1.807, 2.05) is 0 Å². The molecule has 0 saturated carbocycles. The van der Waals surface area contributed by atoms with Crippen LogP contribution in [0.4, 0.5) is 0 Å². The van der Waals surface area contributed by atoms with Crippen molar-refractivity contribution in [3.05, 3.63) is 12.2 Å². The van der Waals surface area contributed by atoms with Crippen molar-refractivity contribution in [2.45, 2.75) is 18.9 Å². The van der Waals surface area contributed by atoms with Crippen LogP contribution in [-0.2, 0) is 9.59 Å². The SMILES string of the molecule is O=C(O)C=CCC1CC(=O)N1. The molecule has 4 nitrogen and oxygen atoms in total. The van der Waals surface area contributed by atoms with E-state index in [2.05, 4.69) is 5.32 Å². The molecule has 1 aliphatic heterocycles. The van der Waals surface area contributed by atoms with Crippen LogP contribution in [0.2, 0.25) is 0 Å². The van der Waals surface area contributed by atoms with Crippen molar-refractivity contribution in [2.24, 2.45) is 0 Å². The molecule has 1 aliphatic rings. The van der Waals surface area contributed by atoms with Crippen LogP contribution < -0.4 is 5.32 Å². The van der Waals surface area contributed by atoms with E-state index in [4.69, 9.17) is 5.11 Å². The summed E-state index contributed by atoms with van der Waals surface area (Å²) in [7, 11) is 0. The minimum absolute atomic E-state index is 0.0405. The van der Waals surface area contributed by atoms with Gasteiger partial charge in [-0.3, -0.25) is 4.79 Å². The molecule has 1 saturated heterocycles. The van der Waals surface area contributed by atoms with Crippen molar-refractivity contribution < 1.29 is 14.7 Å². The lowest BCUT2D eigenvalue weighted by Gasteiger charge is -2.25. The second-order valence-corrected chi connectivity index (χ2v) is 2.44. The van der Waals surface area contributed by atoms with Crippen molar-refractivity contribution in [3.63, 3.8) is 0 Å². The van der Waals surface area contributed by atoms with E-state index in [1.165, 1.54) is 0 Å². The second-order valence-electron chi connectivity index (χ2n) is 2.44. The monoisotopic (exact) mass is 155 g/mol. The topological polar surface area (TPSA) is 66.4 Å². The summed E-state index contributed by atoms with van der Waals surface area (Å²) < 4.78 is 0. The van der Waals surface area contributed by atoms with Gasteiger partial charge in [0.15, 0.2) is 0 Å². The van der Waals surface area contributed by atoms with E-state index in [1.54, 1.807) is 6.08 Å². The van der Waals surface area contributed by atoms with Crippen molar-refractivity contribution in [1.82, 2.24) is 5.32 Å². The molecule has 0 bridgehead atoms. The molecule has 2 N–H and O–H groups in total. The Morgan fingerprint density at radius 3 is 2.91 bits per heavy atom. The van der Waals surface area contributed by atoms with Gasteiger partial charge in [-0.2, -0.15) is 0 Å². The van der Waals surface area contributed by atoms with Gasteiger partial charge in [-0.25, -0.2) is 4.79 Å². The van der Waals surface area contributed by atoms with Gasteiger partial charge < -0.3 is 10.4 Å². The highest BCUT2D eigenvalue weighted by Crippen LogP contribution is 2.08. The zero-order valence-electron chi connectivity index (χ0n) is 5.91. The Morgan fingerprint density at radius 1 is 1.82 bits per heavy atom. The maximum Gasteiger partial charge on any atom is 0.327 e. The lowest BCUT2D eigenvalue weighted by Crippen LogP contribution is -2.47. The van der Waals surface area contributed by atoms with E-state index >= 15 is 0 Å². The quantitative estimate of drug-likeness (QED) is 0.442. The van der Waals surface area contributed by atoms with Crippen molar-refractivity contribution in [2.75, 3.05) is 0 Å². The number of aliphatic carboxylic acids is 1. The molecule has 0 aliphatic carbocycles. The zero-order chi connectivity index (χ0) is 8.27. The summed E-state index contributed by atoms with van der Waals surface area (Å²) in [4.78, 5) is 20.3. The Labute approximate surface area is 63.9 Å². The van der Waals surface area contributed by atoms with Gasteiger partial charge in [-0.1, -0.05) is 6.08 Å². The maximum atomic E-state index is 10.4. The highest BCUT2D eigenvalue weighted by molar-refractivity contribution is 5.83. The Bertz CT molecular complexity index is 202. The minimum atomic E-state index is -0.948. The van der Waals surface area contributed by atoms with Crippen LogP contribution in [0, 0.1) is 0 Å². The molecule has 1 heterocycles. The van der Waals surface area contributed by atoms with Crippen LogP contribution in [0.5, 0.6) is 0 Å². The summed E-state index contributed by atoms with van der Waals surface area (Å²) in [6, 6.07) is 0.151. The fourth-order valence-electron chi connectivity index (χ4n) is 0.906. The van der Waals surface area contributed by atoms with Gasteiger partial charge in [0.2, 0.25) is 5.91 Å². The lowest BCUT2D eigenvalue weighted by molar-refractivity contribution is -0.131. The number of nitrogens with one attached hydrogen (secondary N) is 1. The first-order chi connectivity index (χ1) is 5.18. The smallest absolute Gasteiger partial charge is 0.327 e. The summed E-state index contributed by atoms with van der Waals surface area (Å²) in [5, 5.41) is 10.8. The van der Waals surface area contributed by atoms with Crippen LogP contribution in [-0.4, -0.2) is 23.0 Å². The van der Waals surface area contributed by atoms with E-state index in [0.29, 0.717) is 12.8 Å². The normalized spacial score (nSPS) is 22.9. The van der Waals surface area contributed by atoms with Gasteiger partial charge in [0, 0.05) is 18.5 Å². The first-order valence-corrected chi connectivity index (χ1v) is 3.37. The molecule has 1 fully saturated rings. The number of hydrogen-bond acceptors (Lipinski definition) is 2. The average Bonchev–Trinajstić information content (AvgIpc) is 1.83. The minimum Gasteiger partial charge on any atom is -0.478 e. The van der Waals surface area contributed by atoms with Crippen LogP contribution in [0.3, 0.4) is 0 Å². The molecule has 0 radical (unpaired) electrons. The Morgan fingerprint density at radius 2 is 2.45 bits per heavy atom. The number of carbonyl (C=O) groups is 2. The maximum absolute atomic E-state index is 10.4. The number of amides is 1. The molecule has 0 aromatic heterocycles. The third kappa shape index (κ3) is 2.41. The lowest BCUT2D eigenvalue weighted by atomic mass is 10.0. The summed E-state index contributed by atoms with van der Waals surface area (Å²) >= 11 is 0. The molecule has 11 heavy (non-hydrogen) atoms. The molecule has 1 rings (SSSR count). The Balaban J connectivity index is 2.13. The molecule has 0 aromatic carbocycles. The summed E-state index contributed by atoms with van der Waals surface area (Å²) in [5.74, 6) is -0.908. The largest absolute Gasteiger partial charge is 0.478 e. The summed E-state index contributed by atoms with van der Waals surface area (Å²) in [5.41, 5.74) is 0. The molecular weight excluding hydrogens is 146 g/mol. The van der Waals surface area contributed by atoms with E-state index < -0.39 is 5.97 Å². The first-order valence-electron chi connectivity index (χ1n) is 3.37. The van der Waals surface area contributed by atoms with E-state index in [0.717, 1.165) is 6.08 Å². The average molecular weight is 155 g/mol. The standard InChI is InChI=1S/C7H9NO3/c9-6-4-5(8-6)2-1-3-7(10)11/h1,3,5H,2,4H2,(H,8,9)(H,10,11). The van der Waals surface area contributed by atoms with Gasteiger partial charge >= 0.3 is 5.97 Å². The number of rotatable bonds is 3. The van der Waals surface area contributed by atoms with Crippen LogP contribution >= 0.6 is 0 Å². The van der Waals surface area contributed by atoms with Crippen LogP contribution in [0.25, 0.3) is 0 Å². The fraction of sp³-hybridized carbons (Fsp3) is 0.429. The second kappa shape index (κ2) is 3.18. The Hall–Kier alpha value is -1.32. The predicted molar refractivity (Wildman–Crippen MR) is 37.9 cm³/mol. The van der Waals surface area contributed by atoms with Gasteiger partial charge in [0.25, 0.3) is 0 Å². The molecule has 0 spiro atoms.